The Labute approximate surface area is 97.8 Å². The molecule has 0 fully saturated rings. The van der Waals surface area contributed by atoms with Crippen LogP contribution in [0.3, 0.4) is 0 Å². The van der Waals surface area contributed by atoms with E-state index in [1.54, 1.807) is 20.8 Å². The van der Waals surface area contributed by atoms with Crippen LogP contribution in [-0.2, 0) is 0 Å². The number of hydrogen-bond donors (Lipinski definition) is 1. The van der Waals surface area contributed by atoms with Crippen molar-refractivity contribution in [3.05, 3.63) is 39.7 Å². The van der Waals surface area contributed by atoms with Crippen LogP contribution in [0.2, 0.25) is 0 Å². The Hall–Kier alpha value is -1.98. The maximum absolute atomic E-state index is 13.3. The second kappa shape index (κ2) is 4.48. The summed E-state index contributed by atoms with van der Waals surface area (Å²) >= 11 is 0. The van der Waals surface area contributed by atoms with Crippen LogP contribution < -0.4 is 5.32 Å². The number of amides is 1. The molecule has 17 heavy (non-hydrogen) atoms. The molecular weight excluding hydrogens is 227 g/mol. The van der Waals surface area contributed by atoms with Gasteiger partial charge in [-0.05, 0) is 32.9 Å². The van der Waals surface area contributed by atoms with E-state index < -0.39 is 27.9 Å². The molecule has 0 aliphatic rings. The first kappa shape index (κ1) is 13.1. The minimum atomic E-state index is -1.02. The SMILES string of the molecule is CC(C)(C)NC(=O)c1ccc([N+](=O)[O-])c(F)c1. The van der Waals surface area contributed by atoms with Gasteiger partial charge in [-0.2, -0.15) is 4.39 Å². The molecule has 1 aromatic rings. The summed E-state index contributed by atoms with van der Waals surface area (Å²) in [6.45, 7) is 5.35. The Balaban J connectivity index is 2.98. The molecule has 0 atom stereocenters. The number of halogens is 1. The van der Waals surface area contributed by atoms with Gasteiger partial charge in [0.05, 0.1) is 4.92 Å². The number of benzene rings is 1. The van der Waals surface area contributed by atoms with Crippen molar-refractivity contribution in [2.75, 3.05) is 0 Å². The average Bonchev–Trinajstić information content (AvgIpc) is 2.14. The summed E-state index contributed by atoms with van der Waals surface area (Å²) in [5, 5.41) is 13.0. The van der Waals surface area contributed by atoms with E-state index in [0.717, 1.165) is 12.1 Å². The molecule has 0 saturated carbocycles. The van der Waals surface area contributed by atoms with E-state index in [1.165, 1.54) is 6.07 Å². The number of rotatable bonds is 2. The molecule has 0 aliphatic carbocycles. The van der Waals surface area contributed by atoms with E-state index in [9.17, 15) is 19.3 Å². The van der Waals surface area contributed by atoms with Gasteiger partial charge in [-0.3, -0.25) is 14.9 Å². The fraction of sp³-hybridized carbons (Fsp3) is 0.364. The molecule has 6 heteroatoms. The van der Waals surface area contributed by atoms with E-state index in [0.29, 0.717) is 0 Å². The van der Waals surface area contributed by atoms with Crippen molar-refractivity contribution < 1.29 is 14.1 Å². The molecular formula is C11H13FN2O3. The molecule has 0 spiro atoms. The predicted molar refractivity (Wildman–Crippen MR) is 60.3 cm³/mol. The Bertz CT molecular complexity index is 466. The first-order chi connectivity index (χ1) is 7.70. The molecule has 0 bridgehead atoms. The zero-order chi connectivity index (χ0) is 13.2. The van der Waals surface area contributed by atoms with E-state index >= 15 is 0 Å². The first-order valence-corrected chi connectivity index (χ1v) is 4.97. The van der Waals surface area contributed by atoms with Crippen LogP contribution >= 0.6 is 0 Å². The van der Waals surface area contributed by atoms with Crippen LogP contribution in [0.25, 0.3) is 0 Å². The molecule has 1 aromatic carbocycles. The lowest BCUT2D eigenvalue weighted by atomic mass is 10.1. The zero-order valence-electron chi connectivity index (χ0n) is 9.78. The number of carbonyl (C=O) groups is 1. The second-order valence-electron chi connectivity index (χ2n) is 4.63. The Morgan fingerprint density at radius 2 is 2.00 bits per heavy atom. The lowest BCUT2D eigenvalue weighted by Gasteiger charge is -2.20. The summed E-state index contributed by atoms with van der Waals surface area (Å²) in [7, 11) is 0. The minimum Gasteiger partial charge on any atom is -0.347 e. The van der Waals surface area contributed by atoms with Crippen molar-refractivity contribution >= 4 is 11.6 Å². The van der Waals surface area contributed by atoms with Gasteiger partial charge < -0.3 is 5.32 Å². The molecule has 0 aliphatic heterocycles. The van der Waals surface area contributed by atoms with E-state index in [4.69, 9.17) is 0 Å². The highest BCUT2D eigenvalue weighted by atomic mass is 19.1. The van der Waals surface area contributed by atoms with Crippen LogP contribution in [0.5, 0.6) is 0 Å². The maximum atomic E-state index is 13.3. The van der Waals surface area contributed by atoms with E-state index in [-0.39, 0.29) is 5.56 Å². The summed E-state index contributed by atoms with van der Waals surface area (Å²) in [4.78, 5) is 21.2. The molecule has 1 rings (SSSR count). The molecule has 1 N–H and O–H groups in total. The van der Waals surface area contributed by atoms with Crippen LogP contribution in [0.15, 0.2) is 18.2 Å². The average molecular weight is 240 g/mol. The summed E-state index contributed by atoms with van der Waals surface area (Å²) in [5.41, 5.74) is -1.03. The van der Waals surface area contributed by atoms with Crippen LogP contribution in [0.4, 0.5) is 10.1 Å². The third kappa shape index (κ3) is 3.51. The second-order valence-corrected chi connectivity index (χ2v) is 4.63. The molecule has 0 heterocycles. The van der Waals surface area contributed by atoms with E-state index in [2.05, 4.69) is 5.32 Å². The predicted octanol–water partition coefficient (Wildman–Crippen LogP) is 2.26. The number of nitro benzene ring substituents is 1. The maximum Gasteiger partial charge on any atom is 0.304 e. The molecule has 92 valence electrons. The van der Waals surface area contributed by atoms with Crippen LogP contribution in [-0.4, -0.2) is 16.4 Å². The number of nitrogens with one attached hydrogen (secondary N) is 1. The highest BCUT2D eigenvalue weighted by Crippen LogP contribution is 2.18. The zero-order valence-corrected chi connectivity index (χ0v) is 9.78. The number of nitro groups is 1. The topological polar surface area (TPSA) is 72.2 Å². The monoisotopic (exact) mass is 240 g/mol. The molecule has 0 unspecified atom stereocenters. The normalized spacial score (nSPS) is 11.1. The van der Waals surface area contributed by atoms with Gasteiger partial charge >= 0.3 is 5.69 Å². The largest absolute Gasteiger partial charge is 0.347 e. The van der Waals surface area contributed by atoms with Gasteiger partial charge in [-0.25, -0.2) is 0 Å². The molecule has 5 nitrogen and oxygen atoms in total. The fourth-order valence-electron chi connectivity index (χ4n) is 1.21. The number of carbonyl (C=O) groups excluding carboxylic acids is 1. The van der Waals surface area contributed by atoms with Crippen molar-refractivity contribution in [1.29, 1.82) is 0 Å². The van der Waals surface area contributed by atoms with Gasteiger partial charge in [0, 0.05) is 17.2 Å². The van der Waals surface area contributed by atoms with Crippen molar-refractivity contribution in [3.63, 3.8) is 0 Å². The summed E-state index contributed by atoms with van der Waals surface area (Å²) in [6.07, 6.45) is 0. The molecule has 1 amide bonds. The Morgan fingerprint density at radius 1 is 1.41 bits per heavy atom. The van der Waals surface area contributed by atoms with Crippen molar-refractivity contribution in [3.8, 4) is 0 Å². The van der Waals surface area contributed by atoms with E-state index in [1.807, 2.05) is 0 Å². The van der Waals surface area contributed by atoms with Gasteiger partial charge in [0.25, 0.3) is 5.91 Å². The van der Waals surface area contributed by atoms with Crippen LogP contribution in [0.1, 0.15) is 31.1 Å². The highest BCUT2D eigenvalue weighted by Gasteiger charge is 2.19. The summed E-state index contributed by atoms with van der Waals surface area (Å²) < 4.78 is 13.3. The van der Waals surface area contributed by atoms with Gasteiger partial charge in [-0.1, -0.05) is 0 Å². The standard InChI is InChI=1S/C11H13FN2O3/c1-11(2,3)13-10(15)7-4-5-9(14(16)17)8(12)6-7/h4-6H,1-3H3,(H,13,15). The van der Waals surface area contributed by atoms with Crippen LogP contribution in [0, 0.1) is 15.9 Å². The molecule has 0 aromatic heterocycles. The summed E-state index contributed by atoms with van der Waals surface area (Å²) in [6, 6.07) is 3.06. The van der Waals surface area contributed by atoms with Crippen molar-refractivity contribution in [2.45, 2.75) is 26.3 Å². The smallest absolute Gasteiger partial charge is 0.304 e. The summed E-state index contributed by atoms with van der Waals surface area (Å²) in [5.74, 6) is -1.48. The lowest BCUT2D eigenvalue weighted by molar-refractivity contribution is -0.387. The quantitative estimate of drug-likeness (QED) is 0.636. The van der Waals surface area contributed by atoms with Crippen molar-refractivity contribution in [2.24, 2.45) is 0 Å². The van der Waals surface area contributed by atoms with Crippen molar-refractivity contribution in [1.82, 2.24) is 5.32 Å². The highest BCUT2D eigenvalue weighted by molar-refractivity contribution is 5.94. The van der Waals surface area contributed by atoms with Gasteiger partial charge in [-0.15, -0.1) is 0 Å². The molecule has 0 saturated heterocycles. The Morgan fingerprint density at radius 3 is 2.41 bits per heavy atom. The third-order valence-electron chi connectivity index (χ3n) is 1.90. The lowest BCUT2D eigenvalue weighted by Crippen LogP contribution is -2.40. The van der Waals surface area contributed by atoms with Gasteiger partial charge in [0.15, 0.2) is 0 Å². The molecule has 0 radical (unpaired) electrons. The fourth-order valence-corrected chi connectivity index (χ4v) is 1.21. The first-order valence-electron chi connectivity index (χ1n) is 4.97. The van der Waals surface area contributed by atoms with Gasteiger partial charge in [0.1, 0.15) is 0 Å². The Kier molecular flexibility index (Phi) is 3.45. The number of hydrogen-bond acceptors (Lipinski definition) is 3. The minimum absolute atomic E-state index is 0.0584. The number of nitrogens with zero attached hydrogens (tertiary/aromatic N) is 1. The third-order valence-corrected chi connectivity index (χ3v) is 1.90. The van der Waals surface area contributed by atoms with Gasteiger partial charge in [0.2, 0.25) is 5.82 Å².